The summed E-state index contributed by atoms with van der Waals surface area (Å²) >= 11 is 0. The predicted molar refractivity (Wildman–Crippen MR) is 56.8 cm³/mol. The minimum Gasteiger partial charge on any atom is -0.353 e. The topological polar surface area (TPSA) is 44.5 Å². The van der Waals surface area contributed by atoms with E-state index < -0.39 is 0 Å². The predicted octanol–water partition coefficient (Wildman–Crippen LogP) is 2.39. The average Bonchev–Trinajstić information content (AvgIpc) is 2.20. The quantitative estimate of drug-likeness (QED) is 0.530. The zero-order valence-electron chi connectivity index (χ0n) is 9.21. The fraction of sp³-hybridized carbons (Fsp3) is 1.00. The molecule has 3 heteroatoms. The van der Waals surface area contributed by atoms with E-state index in [1.165, 1.54) is 19.3 Å². The largest absolute Gasteiger partial charge is 0.353 e. The van der Waals surface area contributed by atoms with Gasteiger partial charge in [-0.05, 0) is 32.1 Å². The lowest BCUT2D eigenvalue weighted by molar-refractivity contribution is -0.188. The first-order chi connectivity index (χ1) is 6.83. The Morgan fingerprint density at radius 3 is 2.93 bits per heavy atom. The lowest BCUT2D eigenvalue weighted by atomic mass is 10.2. The van der Waals surface area contributed by atoms with Gasteiger partial charge in [-0.3, -0.25) is 0 Å². The van der Waals surface area contributed by atoms with E-state index in [0.717, 1.165) is 32.3 Å². The lowest BCUT2D eigenvalue weighted by Crippen LogP contribution is -2.33. The summed E-state index contributed by atoms with van der Waals surface area (Å²) in [6.45, 7) is 3.02. The van der Waals surface area contributed by atoms with Gasteiger partial charge in [-0.1, -0.05) is 19.8 Å². The third kappa shape index (κ3) is 4.94. The number of ether oxygens (including phenoxy) is 2. The maximum Gasteiger partial charge on any atom is 0.159 e. The molecular formula is C11H23NO2. The standard InChI is InChI=1S/C11H23NO2/c1-2-3-4-7-10(12)14-11-8-5-6-9-13-11/h10-11H,2-9,12H2,1H3. The molecule has 0 bridgehead atoms. The van der Waals surface area contributed by atoms with Crippen molar-refractivity contribution in [3.05, 3.63) is 0 Å². The van der Waals surface area contributed by atoms with E-state index in [1.54, 1.807) is 0 Å². The van der Waals surface area contributed by atoms with Crippen LogP contribution in [0.4, 0.5) is 0 Å². The molecule has 0 aliphatic carbocycles. The summed E-state index contributed by atoms with van der Waals surface area (Å²) in [7, 11) is 0. The third-order valence-electron chi connectivity index (χ3n) is 2.56. The molecule has 0 aromatic rings. The van der Waals surface area contributed by atoms with Crippen molar-refractivity contribution in [1.82, 2.24) is 0 Å². The smallest absolute Gasteiger partial charge is 0.159 e. The number of unbranched alkanes of at least 4 members (excludes halogenated alkanes) is 2. The monoisotopic (exact) mass is 201 g/mol. The Morgan fingerprint density at radius 1 is 1.43 bits per heavy atom. The Hall–Kier alpha value is -0.120. The zero-order valence-corrected chi connectivity index (χ0v) is 9.21. The Bertz CT molecular complexity index is 135. The molecule has 2 N–H and O–H groups in total. The van der Waals surface area contributed by atoms with Crippen molar-refractivity contribution in [2.24, 2.45) is 5.73 Å². The van der Waals surface area contributed by atoms with Crippen molar-refractivity contribution >= 4 is 0 Å². The highest BCUT2D eigenvalue weighted by molar-refractivity contribution is 4.57. The van der Waals surface area contributed by atoms with Crippen LogP contribution in [0.1, 0.15) is 51.9 Å². The molecule has 1 aliphatic rings. The molecule has 1 heterocycles. The summed E-state index contributed by atoms with van der Waals surface area (Å²) in [5, 5.41) is 0. The average molecular weight is 201 g/mol. The molecule has 0 radical (unpaired) electrons. The molecule has 2 unspecified atom stereocenters. The van der Waals surface area contributed by atoms with Gasteiger partial charge in [-0.25, -0.2) is 0 Å². The van der Waals surface area contributed by atoms with Gasteiger partial charge in [0.05, 0.1) is 0 Å². The number of nitrogens with two attached hydrogens (primary N) is 1. The van der Waals surface area contributed by atoms with Gasteiger partial charge in [-0.2, -0.15) is 0 Å². The van der Waals surface area contributed by atoms with Crippen molar-refractivity contribution in [2.45, 2.75) is 64.4 Å². The van der Waals surface area contributed by atoms with Gasteiger partial charge in [-0.15, -0.1) is 0 Å². The first-order valence-corrected chi connectivity index (χ1v) is 5.85. The van der Waals surface area contributed by atoms with Crippen LogP contribution in [0.3, 0.4) is 0 Å². The summed E-state index contributed by atoms with van der Waals surface area (Å²) in [4.78, 5) is 0. The van der Waals surface area contributed by atoms with Gasteiger partial charge in [0.1, 0.15) is 6.23 Å². The maximum absolute atomic E-state index is 5.84. The van der Waals surface area contributed by atoms with Gasteiger partial charge in [0.2, 0.25) is 0 Å². The Balaban J connectivity index is 2.03. The second kappa shape index (κ2) is 7.21. The summed E-state index contributed by atoms with van der Waals surface area (Å²) in [6, 6.07) is 0. The van der Waals surface area contributed by atoms with Crippen LogP contribution in [0.15, 0.2) is 0 Å². The molecular weight excluding hydrogens is 178 g/mol. The molecule has 0 spiro atoms. The van der Waals surface area contributed by atoms with Crippen LogP contribution in [0.2, 0.25) is 0 Å². The van der Waals surface area contributed by atoms with Crippen LogP contribution in [0.25, 0.3) is 0 Å². The SMILES string of the molecule is CCCCCC(N)OC1CCCCO1. The molecule has 1 fully saturated rings. The second-order valence-corrected chi connectivity index (χ2v) is 3.97. The van der Waals surface area contributed by atoms with Crippen LogP contribution >= 0.6 is 0 Å². The first-order valence-electron chi connectivity index (χ1n) is 5.85. The Morgan fingerprint density at radius 2 is 2.29 bits per heavy atom. The van der Waals surface area contributed by atoms with Crippen LogP contribution < -0.4 is 5.73 Å². The van der Waals surface area contributed by atoms with E-state index in [9.17, 15) is 0 Å². The van der Waals surface area contributed by atoms with Gasteiger partial charge >= 0.3 is 0 Å². The molecule has 84 valence electrons. The number of rotatable bonds is 6. The number of hydrogen-bond donors (Lipinski definition) is 1. The van der Waals surface area contributed by atoms with Gasteiger partial charge in [0, 0.05) is 6.61 Å². The highest BCUT2D eigenvalue weighted by Crippen LogP contribution is 2.15. The van der Waals surface area contributed by atoms with Gasteiger partial charge in [0.25, 0.3) is 0 Å². The van der Waals surface area contributed by atoms with Crippen molar-refractivity contribution in [3.8, 4) is 0 Å². The summed E-state index contributed by atoms with van der Waals surface area (Å²) in [5.41, 5.74) is 5.84. The fourth-order valence-corrected chi connectivity index (χ4v) is 1.68. The lowest BCUT2D eigenvalue weighted by Gasteiger charge is -2.25. The summed E-state index contributed by atoms with van der Waals surface area (Å²) < 4.78 is 11.0. The molecule has 0 saturated carbocycles. The maximum atomic E-state index is 5.84. The molecule has 2 atom stereocenters. The van der Waals surface area contributed by atoms with Crippen molar-refractivity contribution in [3.63, 3.8) is 0 Å². The zero-order chi connectivity index (χ0) is 10.2. The molecule has 0 aromatic heterocycles. The normalized spacial score (nSPS) is 24.9. The van der Waals surface area contributed by atoms with Gasteiger partial charge < -0.3 is 15.2 Å². The van der Waals surface area contributed by atoms with E-state index in [0.29, 0.717) is 0 Å². The minimum atomic E-state index is -0.135. The van der Waals surface area contributed by atoms with E-state index in [-0.39, 0.29) is 12.5 Å². The van der Waals surface area contributed by atoms with E-state index in [1.807, 2.05) is 0 Å². The van der Waals surface area contributed by atoms with Crippen LogP contribution in [-0.4, -0.2) is 19.1 Å². The number of hydrogen-bond acceptors (Lipinski definition) is 3. The Kier molecular flexibility index (Phi) is 6.15. The summed E-state index contributed by atoms with van der Waals surface area (Å²) in [5.74, 6) is 0. The first kappa shape index (κ1) is 12.0. The fourth-order valence-electron chi connectivity index (χ4n) is 1.68. The van der Waals surface area contributed by atoms with Crippen LogP contribution in [-0.2, 0) is 9.47 Å². The van der Waals surface area contributed by atoms with E-state index >= 15 is 0 Å². The van der Waals surface area contributed by atoms with Gasteiger partial charge in [0.15, 0.2) is 6.29 Å². The van der Waals surface area contributed by atoms with Crippen LogP contribution in [0.5, 0.6) is 0 Å². The van der Waals surface area contributed by atoms with Crippen molar-refractivity contribution in [2.75, 3.05) is 6.61 Å². The van der Waals surface area contributed by atoms with E-state index in [4.69, 9.17) is 15.2 Å². The molecule has 1 aliphatic heterocycles. The van der Waals surface area contributed by atoms with Crippen molar-refractivity contribution < 1.29 is 9.47 Å². The molecule has 0 aromatic carbocycles. The molecule has 1 rings (SSSR count). The molecule has 0 amide bonds. The molecule has 1 saturated heterocycles. The minimum absolute atomic E-state index is 0.0413. The molecule has 14 heavy (non-hydrogen) atoms. The van der Waals surface area contributed by atoms with Crippen molar-refractivity contribution in [1.29, 1.82) is 0 Å². The third-order valence-corrected chi connectivity index (χ3v) is 2.56. The second-order valence-electron chi connectivity index (χ2n) is 3.97. The highest BCUT2D eigenvalue weighted by Gasteiger charge is 2.16. The Labute approximate surface area is 86.9 Å². The van der Waals surface area contributed by atoms with Crippen LogP contribution in [0, 0.1) is 0 Å². The molecule has 3 nitrogen and oxygen atoms in total. The highest BCUT2D eigenvalue weighted by atomic mass is 16.7. The van der Waals surface area contributed by atoms with E-state index in [2.05, 4.69) is 6.92 Å². The summed E-state index contributed by atoms with van der Waals surface area (Å²) in [6.07, 6.45) is 7.76.